The fourth-order valence-corrected chi connectivity index (χ4v) is 2.25. The molecule has 7 nitrogen and oxygen atoms in total. The molecular formula is C16H24N2O5S. The summed E-state index contributed by atoms with van der Waals surface area (Å²) >= 11 is 1.33. The van der Waals surface area contributed by atoms with Gasteiger partial charge in [-0.25, -0.2) is 4.79 Å². The van der Waals surface area contributed by atoms with Crippen LogP contribution in [0.2, 0.25) is 0 Å². The van der Waals surface area contributed by atoms with Crippen molar-refractivity contribution in [2.24, 2.45) is 0 Å². The van der Waals surface area contributed by atoms with Gasteiger partial charge in [0.25, 0.3) is 5.91 Å². The van der Waals surface area contributed by atoms with Crippen molar-refractivity contribution in [2.45, 2.75) is 45.8 Å². The number of rotatable bonds is 7. The van der Waals surface area contributed by atoms with Gasteiger partial charge in [0.05, 0.1) is 17.3 Å². The van der Waals surface area contributed by atoms with Crippen LogP contribution >= 0.6 is 11.3 Å². The SMILES string of the molecule is CC(COC(=O)CCNC(=O)c1cccs1)NC(=O)OC(C)(C)C. The monoisotopic (exact) mass is 356 g/mol. The number of hydrogen-bond acceptors (Lipinski definition) is 6. The Labute approximate surface area is 145 Å². The number of amides is 2. The number of carbonyl (C=O) groups is 3. The van der Waals surface area contributed by atoms with Crippen LogP contribution in [0.1, 0.15) is 43.8 Å². The molecule has 0 bridgehead atoms. The maximum absolute atomic E-state index is 11.7. The molecule has 0 aliphatic heterocycles. The largest absolute Gasteiger partial charge is 0.463 e. The Kier molecular flexibility index (Phi) is 7.70. The van der Waals surface area contributed by atoms with Crippen molar-refractivity contribution in [1.29, 1.82) is 0 Å². The van der Waals surface area contributed by atoms with E-state index in [2.05, 4.69) is 10.6 Å². The fourth-order valence-electron chi connectivity index (χ4n) is 1.61. The lowest BCUT2D eigenvalue weighted by Gasteiger charge is -2.21. The van der Waals surface area contributed by atoms with Crippen LogP contribution in [0.25, 0.3) is 0 Å². The van der Waals surface area contributed by atoms with E-state index in [0.29, 0.717) is 4.88 Å². The average molecular weight is 356 g/mol. The molecule has 0 saturated carbocycles. The molecule has 0 fully saturated rings. The molecule has 0 spiro atoms. The van der Waals surface area contributed by atoms with Crippen LogP contribution in [0.4, 0.5) is 4.79 Å². The van der Waals surface area contributed by atoms with Crippen LogP contribution < -0.4 is 10.6 Å². The highest BCUT2D eigenvalue weighted by Gasteiger charge is 2.18. The lowest BCUT2D eigenvalue weighted by molar-refractivity contribution is -0.144. The number of carbonyl (C=O) groups excluding carboxylic acids is 3. The molecule has 0 saturated heterocycles. The van der Waals surface area contributed by atoms with E-state index in [1.165, 1.54) is 11.3 Å². The first-order valence-corrected chi connectivity index (χ1v) is 8.52. The Morgan fingerprint density at radius 1 is 1.29 bits per heavy atom. The van der Waals surface area contributed by atoms with Crippen molar-refractivity contribution in [3.63, 3.8) is 0 Å². The van der Waals surface area contributed by atoms with Crippen LogP contribution in [-0.2, 0) is 14.3 Å². The van der Waals surface area contributed by atoms with Crippen molar-refractivity contribution < 1.29 is 23.9 Å². The topological polar surface area (TPSA) is 93.7 Å². The van der Waals surface area contributed by atoms with Crippen molar-refractivity contribution in [3.8, 4) is 0 Å². The molecular weight excluding hydrogens is 332 g/mol. The Bertz CT molecular complexity index is 551. The molecule has 0 aromatic carbocycles. The molecule has 0 aliphatic carbocycles. The number of esters is 1. The van der Waals surface area contributed by atoms with Gasteiger partial charge in [-0.2, -0.15) is 0 Å². The molecule has 8 heteroatoms. The van der Waals surface area contributed by atoms with Gasteiger partial charge in [0.2, 0.25) is 0 Å². The summed E-state index contributed by atoms with van der Waals surface area (Å²) < 4.78 is 10.2. The van der Waals surface area contributed by atoms with Crippen molar-refractivity contribution in [3.05, 3.63) is 22.4 Å². The number of hydrogen-bond donors (Lipinski definition) is 2. The summed E-state index contributed by atoms with van der Waals surface area (Å²) in [5.74, 6) is -0.655. The van der Waals surface area contributed by atoms with Crippen LogP contribution in [-0.4, -0.2) is 42.8 Å². The van der Waals surface area contributed by atoms with E-state index in [1.54, 1.807) is 39.8 Å². The van der Waals surface area contributed by atoms with Crippen molar-refractivity contribution >= 4 is 29.3 Å². The molecule has 1 atom stereocenters. The summed E-state index contributed by atoms with van der Waals surface area (Å²) in [5, 5.41) is 7.03. The maximum Gasteiger partial charge on any atom is 0.407 e. The Balaban J connectivity index is 2.16. The van der Waals surface area contributed by atoms with Crippen molar-refractivity contribution in [2.75, 3.05) is 13.2 Å². The second kappa shape index (κ2) is 9.27. The minimum absolute atomic E-state index is 0.0386. The minimum Gasteiger partial charge on any atom is -0.463 e. The number of thiophene rings is 1. The second-order valence-electron chi connectivity index (χ2n) is 6.21. The van der Waals surface area contributed by atoms with Crippen LogP contribution in [0.3, 0.4) is 0 Å². The summed E-state index contributed by atoms with van der Waals surface area (Å²) in [6.07, 6.45) is -0.495. The molecule has 134 valence electrons. The number of alkyl carbamates (subject to hydrolysis) is 1. The van der Waals surface area contributed by atoms with E-state index in [4.69, 9.17) is 9.47 Å². The van der Waals surface area contributed by atoms with E-state index in [9.17, 15) is 14.4 Å². The van der Waals surface area contributed by atoms with Gasteiger partial charge in [-0.3, -0.25) is 9.59 Å². The molecule has 1 unspecified atom stereocenters. The molecule has 2 N–H and O–H groups in total. The summed E-state index contributed by atoms with van der Waals surface area (Å²) in [4.78, 5) is 35.4. The molecule has 0 aliphatic rings. The van der Waals surface area contributed by atoms with E-state index >= 15 is 0 Å². The fraction of sp³-hybridized carbons (Fsp3) is 0.562. The molecule has 1 heterocycles. The van der Waals surface area contributed by atoms with Crippen molar-refractivity contribution in [1.82, 2.24) is 10.6 Å². The zero-order valence-electron chi connectivity index (χ0n) is 14.4. The predicted octanol–water partition coefficient (Wildman–Crippen LogP) is 2.32. The molecule has 0 radical (unpaired) electrons. The van der Waals surface area contributed by atoms with Gasteiger partial charge in [-0.1, -0.05) is 6.07 Å². The normalized spacial score (nSPS) is 12.2. The standard InChI is InChI=1S/C16H24N2O5S/c1-11(18-15(21)23-16(2,3)4)10-22-13(19)7-8-17-14(20)12-6-5-9-24-12/h5-6,9,11H,7-8,10H2,1-4H3,(H,17,20)(H,18,21). The van der Waals surface area contributed by atoms with Gasteiger partial charge < -0.3 is 20.1 Å². The Hall–Kier alpha value is -2.09. The average Bonchev–Trinajstić information content (AvgIpc) is 2.97. The highest BCUT2D eigenvalue weighted by molar-refractivity contribution is 7.12. The zero-order valence-corrected chi connectivity index (χ0v) is 15.2. The van der Waals surface area contributed by atoms with E-state index in [1.807, 2.05) is 5.38 Å². The first-order chi connectivity index (χ1) is 11.2. The zero-order chi connectivity index (χ0) is 18.2. The first kappa shape index (κ1) is 20.0. The lowest BCUT2D eigenvalue weighted by Crippen LogP contribution is -2.40. The third kappa shape index (κ3) is 8.52. The first-order valence-electron chi connectivity index (χ1n) is 7.64. The van der Waals surface area contributed by atoms with Crippen LogP contribution in [0.5, 0.6) is 0 Å². The molecule has 1 rings (SSSR count). The summed E-state index contributed by atoms with van der Waals surface area (Å²) in [6.45, 7) is 7.24. The van der Waals surface area contributed by atoms with Gasteiger partial charge in [-0.05, 0) is 39.1 Å². The quantitative estimate of drug-likeness (QED) is 0.731. The van der Waals surface area contributed by atoms with E-state index < -0.39 is 17.7 Å². The number of ether oxygens (including phenoxy) is 2. The number of nitrogens with one attached hydrogen (secondary N) is 2. The smallest absolute Gasteiger partial charge is 0.407 e. The summed E-state index contributed by atoms with van der Waals surface area (Å²) in [6, 6.07) is 3.12. The highest BCUT2D eigenvalue weighted by atomic mass is 32.1. The Morgan fingerprint density at radius 3 is 2.58 bits per heavy atom. The van der Waals surface area contributed by atoms with E-state index in [0.717, 1.165) is 0 Å². The van der Waals surface area contributed by atoms with Gasteiger partial charge >= 0.3 is 12.1 Å². The minimum atomic E-state index is -0.582. The van der Waals surface area contributed by atoms with Crippen LogP contribution in [0, 0.1) is 0 Å². The third-order valence-electron chi connectivity index (χ3n) is 2.62. The molecule has 1 aromatic heterocycles. The summed E-state index contributed by atoms with van der Waals surface area (Å²) in [7, 11) is 0. The molecule has 1 aromatic rings. The van der Waals surface area contributed by atoms with Gasteiger partial charge in [0, 0.05) is 6.54 Å². The second-order valence-corrected chi connectivity index (χ2v) is 7.16. The predicted molar refractivity (Wildman–Crippen MR) is 91.1 cm³/mol. The molecule has 24 heavy (non-hydrogen) atoms. The third-order valence-corrected chi connectivity index (χ3v) is 3.49. The maximum atomic E-state index is 11.7. The van der Waals surface area contributed by atoms with E-state index in [-0.39, 0.29) is 31.5 Å². The molecule has 2 amide bonds. The summed E-state index contributed by atoms with van der Waals surface area (Å²) in [5.41, 5.74) is -0.582. The highest BCUT2D eigenvalue weighted by Crippen LogP contribution is 2.08. The van der Waals surface area contributed by atoms with Gasteiger partial charge in [0.1, 0.15) is 12.2 Å². The van der Waals surface area contributed by atoms with Gasteiger partial charge in [-0.15, -0.1) is 11.3 Å². The van der Waals surface area contributed by atoms with Crippen LogP contribution in [0.15, 0.2) is 17.5 Å². The van der Waals surface area contributed by atoms with Gasteiger partial charge in [0.15, 0.2) is 0 Å². The lowest BCUT2D eigenvalue weighted by atomic mass is 10.2. The Morgan fingerprint density at radius 2 is 2.00 bits per heavy atom.